The Bertz CT molecular complexity index is 226. The number of likely N-dealkylation sites (N-methyl/N-ethyl adjacent to an activating group) is 1. The number of nitrogens with zero attached hydrogens (tertiary/aromatic N) is 1. The molecule has 1 unspecified atom stereocenters. The molecular weight excluding hydrogens is 230 g/mol. The summed E-state index contributed by atoms with van der Waals surface area (Å²) in [6, 6.07) is 0.553. The van der Waals surface area contributed by atoms with E-state index >= 15 is 0 Å². The number of hydrogen-bond acceptors (Lipinski definition) is 3. The SMILES string of the molecule is CCC(CSC)N(C)CC(=O)C1CCCCC1. The van der Waals surface area contributed by atoms with Crippen molar-refractivity contribution in [2.75, 3.05) is 25.6 Å². The van der Waals surface area contributed by atoms with E-state index < -0.39 is 0 Å². The molecule has 0 amide bonds. The molecule has 0 aromatic carbocycles. The van der Waals surface area contributed by atoms with Crippen molar-refractivity contribution in [1.82, 2.24) is 4.90 Å². The highest BCUT2D eigenvalue weighted by Crippen LogP contribution is 2.24. The summed E-state index contributed by atoms with van der Waals surface area (Å²) in [4.78, 5) is 14.4. The molecule has 1 saturated carbocycles. The predicted molar refractivity (Wildman–Crippen MR) is 76.7 cm³/mol. The minimum Gasteiger partial charge on any atom is -0.298 e. The molecule has 17 heavy (non-hydrogen) atoms. The lowest BCUT2D eigenvalue weighted by Gasteiger charge is -2.28. The molecule has 100 valence electrons. The summed E-state index contributed by atoms with van der Waals surface area (Å²) < 4.78 is 0. The molecule has 0 aromatic heterocycles. The number of rotatable bonds is 7. The minimum atomic E-state index is 0.359. The Labute approximate surface area is 111 Å². The molecule has 2 nitrogen and oxygen atoms in total. The topological polar surface area (TPSA) is 20.3 Å². The van der Waals surface area contributed by atoms with Crippen LogP contribution in [0.4, 0.5) is 0 Å². The summed E-state index contributed by atoms with van der Waals surface area (Å²) in [5, 5.41) is 0. The van der Waals surface area contributed by atoms with Gasteiger partial charge in [0.2, 0.25) is 0 Å². The fourth-order valence-corrected chi connectivity index (χ4v) is 3.55. The molecule has 0 N–H and O–H groups in total. The predicted octanol–water partition coefficient (Wildman–Crippen LogP) is 3.21. The molecule has 0 spiro atoms. The van der Waals surface area contributed by atoms with Gasteiger partial charge >= 0.3 is 0 Å². The molecule has 0 radical (unpaired) electrons. The molecule has 0 aromatic rings. The van der Waals surface area contributed by atoms with Crippen molar-refractivity contribution in [3.8, 4) is 0 Å². The lowest BCUT2D eigenvalue weighted by atomic mass is 9.86. The van der Waals surface area contributed by atoms with Crippen molar-refractivity contribution in [3.63, 3.8) is 0 Å². The number of hydrogen-bond donors (Lipinski definition) is 0. The van der Waals surface area contributed by atoms with Crippen LogP contribution in [0.5, 0.6) is 0 Å². The molecule has 1 rings (SSSR count). The molecule has 1 aliphatic carbocycles. The van der Waals surface area contributed by atoms with E-state index in [1.54, 1.807) is 0 Å². The van der Waals surface area contributed by atoms with E-state index in [1.807, 2.05) is 11.8 Å². The maximum Gasteiger partial charge on any atom is 0.149 e. The minimum absolute atomic E-state index is 0.359. The smallest absolute Gasteiger partial charge is 0.149 e. The van der Waals surface area contributed by atoms with Gasteiger partial charge in [-0.15, -0.1) is 0 Å². The van der Waals surface area contributed by atoms with Gasteiger partial charge in [0.25, 0.3) is 0 Å². The number of ketones is 1. The zero-order valence-electron chi connectivity index (χ0n) is 11.6. The third kappa shape index (κ3) is 5.01. The van der Waals surface area contributed by atoms with Crippen molar-refractivity contribution >= 4 is 17.5 Å². The Morgan fingerprint density at radius 1 is 1.35 bits per heavy atom. The Morgan fingerprint density at radius 2 is 2.00 bits per heavy atom. The van der Waals surface area contributed by atoms with Crippen LogP contribution in [0.25, 0.3) is 0 Å². The van der Waals surface area contributed by atoms with Crippen molar-refractivity contribution in [2.45, 2.75) is 51.5 Å². The van der Waals surface area contributed by atoms with Crippen molar-refractivity contribution in [3.05, 3.63) is 0 Å². The van der Waals surface area contributed by atoms with Crippen LogP contribution in [0.1, 0.15) is 45.4 Å². The molecule has 1 aliphatic rings. The average Bonchev–Trinajstić information content (AvgIpc) is 2.36. The number of thioether (sulfide) groups is 1. The Morgan fingerprint density at radius 3 is 2.53 bits per heavy atom. The van der Waals surface area contributed by atoms with Crippen LogP contribution in [0.15, 0.2) is 0 Å². The van der Waals surface area contributed by atoms with Gasteiger partial charge in [-0.3, -0.25) is 9.69 Å². The maximum atomic E-state index is 12.2. The van der Waals surface area contributed by atoms with E-state index in [9.17, 15) is 4.79 Å². The van der Waals surface area contributed by atoms with Gasteiger partial charge in [-0.1, -0.05) is 26.2 Å². The van der Waals surface area contributed by atoms with Gasteiger partial charge in [-0.25, -0.2) is 0 Å². The second-order valence-electron chi connectivity index (χ2n) is 5.23. The van der Waals surface area contributed by atoms with Gasteiger partial charge < -0.3 is 0 Å². The fourth-order valence-electron chi connectivity index (χ4n) is 2.68. The number of carbonyl (C=O) groups excluding carboxylic acids is 1. The van der Waals surface area contributed by atoms with Crippen molar-refractivity contribution < 1.29 is 4.79 Å². The fraction of sp³-hybridized carbons (Fsp3) is 0.929. The van der Waals surface area contributed by atoms with E-state index in [0.717, 1.165) is 25.0 Å². The summed E-state index contributed by atoms with van der Waals surface area (Å²) in [5.41, 5.74) is 0. The van der Waals surface area contributed by atoms with Crippen molar-refractivity contribution in [2.24, 2.45) is 5.92 Å². The van der Waals surface area contributed by atoms with E-state index in [1.165, 1.54) is 19.3 Å². The molecule has 0 aliphatic heterocycles. The summed E-state index contributed by atoms with van der Waals surface area (Å²) in [5.74, 6) is 1.97. The molecule has 1 atom stereocenters. The largest absolute Gasteiger partial charge is 0.298 e. The quantitative estimate of drug-likeness (QED) is 0.698. The Kier molecular flexibility index (Phi) is 7.21. The van der Waals surface area contributed by atoms with Crippen molar-refractivity contribution in [1.29, 1.82) is 0 Å². The third-order valence-corrected chi connectivity index (χ3v) is 4.64. The van der Waals surface area contributed by atoms with Crippen LogP contribution in [0.3, 0.4) is 0 Å². The Balaban J connectivity index is 2.37. The summed E-state index contributed by atoms with van der Waals surface area (Å²) >= 11 is 1.87. The highest BCUT2D eigenvalue weighted by atomic mass is 32.2. The monoisotopic (exact) mass is 257 g/mol. The zero-order chi connectivity index (χ0) is 12.7. The van der Waals surface area contributed by atoms with Crippen LogP contribution in [0.2, 0.25) is 0 Å². The van der Waals surface area contributed by atoms with Crippen LogP contribution < -0.4 is 0 Å². The van der Waals surface area contributed by atoms with E-state index in [2.05, 4.69) is 25.1 Å². The maximum absolute atomic E-state index is 12.2. The van der Waals surface area contributed by atoms with E-state index in [0.29, 0.717) is 24.3 Å². The van der Waals surface area contributed by atoms with Crippen LogP contribution in [0, 0.1) is 5.92 Å². The van der Waals surface area contributed by atoms with Gasteiger partial charge in [-0.2, -0.15) is 11.8 Å². The first kappa shape index (κ1) is 15.0. The van der Waals surface area contributed by atoms with E-state index in [-0.39, 0.29) is 0 Å². The van der Waals surface area contributed by atoms with Crippen LogP contribution in [-0.4, -0.2) is 42.3 Å². The molecule has 1 fully saturated rings. The first-order valence-electron chi connectivity index (χ1n) is 6.91. The van der Waals surface area contributed by atoms with Gasteiger partial charge in [0, 0.05) is 17.7 Å². The molecule has 0 saturated heterocycles. The summed E-state index contributed by atoms with van der Waals surface area (Å²) in [7, 11) is 2.10. The van der Waals surface area contributed by atoms with Crippen LogP contribution >= 0.6 is 11.8 Å². The second-order valence-corrected chi connectivity index (χ2v) is 6.14. The number of Topliss-reactive ketones (excluding diaryl/α,β-unsaturated/α-hetero) is 1. The van der Waals surface area contributed by atoms with Gasteiger partial charge in [0.1, 0.15) is 5.78 Å². The van der Waals surface area contributed by atoms with Gasteiger partial charge in [0.05, 0.1) is 6.54 Å². The molecule has 3 heteroatoms. The zero-order valence-corrected chi connectivity index (χ0v) is 12.4. The lowest BCUT2D eigenvalue weighted by molar-refractivity contribution is -0.125. The molecule has 0 heterocycles. The van der Waals surface area contributed by atoms with Gasteiger partial charge in [0.15, 0.2) is 0 Å². The second kappa shape index (κ2) is 8.15. The third-order valence-electron chi connectivity index (χ3n) is 3.92. The lowest BCUT2D eigenvalue weighted by Crippen LogP contribution is -2.39. The standard InChI is InChI=1S/C14H27NOS/c1-4-13(11-17-3)15(2)10-14(16)12-8-6-5-7-9-12/h12-13H,4-11H2,1-3H3. The summed E-state index contributed by atoms with van der Waals surface area (Å²) in [6.45, 7) is 2.87. The van der Waals surface area contributed by atoms with Gasteiger partial charge in [-0.05, 0) is 32.6 Å². The summed E-state index contributed by atoms with van der Waals surface area (Å²) in [6.07, 6.45) is 9.36. The highest BCUT2D eigenvalue weighted by Gasteiger charge is 2.23. The molecule has 0 bridgehead atoms. The molecular formula is C14H27NOS. The normalized spacial score (nSPS) is 19.5. The number of carbonyl (C=O) groups is 1. The Hall–Kier alpha value is -0.0200. The first-order valence-corrected chi connectivity index (χ1v) is 8.30. The van der Waals surface area contributed by atoms with Crippen LogP contribution in [-0.2, 0) is 4.79 Å². The average molecular weight is 257 g/mol. The highest BCUT2D eigenvalue weighted by molar-refractivity contribution is 7.98. The first-order chi connectivity index (χ1) is 8.19. The van der Waals surface area contributed by atoms with E-state index in [4.69, 9.17) is 0 Å².